The Hall–Kier alpha value is -0.990. The lowest BCUT2D eigenvalue weighted by molar-refractivity contribution is 0.338. The van der Waals surface area contributed by atoms with Crippen LogP contribution in [0.4, 0.5) is 0 Å². The zero-order valence-electron chi connectivity index (χ0n) is 9.76. The SMILES string of the molecule is CCCc1c(O)c(C)nn1C(C)(C)C. The summed E-state index contributed by atoms with van der Waals surface area (Å²) in [5.74, 6) is 0.363. The second-order valence-electron chi connectivity index (χ2n) is 4.71. The molecular formula is C11H20N2O. The topological polar surface area (TPSA) is 38.1 Å². The first-order valence-corrected chi connectivity index (χ1v) is 5.16. The first-order chi connectivity index (χ1) is 6.38. The predicted octanol–water partition coefficient (Wildman–Crippen LogP) is 2.60. The van der Waals surface area contributed by atoms with E-state index < -0.39 is 0 Å². The third kappa shape index (κ3) is 1.91. The molecule has 0 aromatic carbocycles. The Morgan fingerprint density at radius 2 is 1.93 bits per heavy atom. The summed E-state index contributed by atoms with van der Waals surface area (Å²) >= 11 is 0. The van der Waals surface area contributed by atoms with Crippen molar-refractivity contribution in [2.75, 3.05) is 0 Å². The van der Waals surface area contributed by atoms with Crippen molar-refractivity contribution >= 4 is 0 Å². The highest BCUT2D eigenvalue weighted by Gasteiger charge is 2.22. The summed E-state index contributed by atoms with van der Waals surface area (Å²) in [4.78, 5) is 0. The lowest BCUT2D eigenvalue weighted by Gasteiger charge is -2.22. The molecule has 0 aliphatic carbocycles. The van der Waals surface area contributed by atoms with Crippen LogP contribution in [0.1, 0.15) is 45.5 Å². The van der Waals surface area contributed by atoms with Gasteiger partial charge in [-0.2, -0.15) is 5.10 Å². The van der Waals surface area contributed by atoms with Gasteiger partial charge in [-0.3, -0.25) is 4.68 Å². The van der Waals surface area contributed by atoms with Crippen LogP contribution in [0.2, 0.25) is 0 Å². The second-order valence-corrected chi connectivity index (χ2v) is 4.71. The van der Waals surface area contributed by atoms with E-state index in [1.54, 1.807) is 0 Å². The molecule has 0 bridgehead atoms. The number of hydrogen-bond acceptors (Lipinski definition) is 2. The summed E-state index contributed by atoms with van der Waals surface area (Å²) in [7, 11) is 0. The highest BCUT2D eigenvalue weighted by atomic mass is 16.3. The Morgan fingerprint density at radius 1 is 1.36 bits per heavy atom. The standard InChI is InChI=1S/C11H20N2O/c1-6-7-9-10(14)8(2)12-13(9)11(3,4)5/h14H,6-7H2,1-5H3. The predicted molar refractivity (Wildman–Crippen MR) is 57.6 cm³/mol. The Balaban J connectivity index is 3.22. The van der Waals surface area contributed by atoms with Gasteiger partial charge < -0.3 is 5.11 Å². The van der Waals surface area contributed by atoms with Crippen LogP contribution in [-0.2, 0) is 12.0 Å². The van der Waals surface area contributed by atoms with Crippen molar-refractivity contribution in [3.63, 3.8) is 0 Å². The maximum atomic E-state index is 9.83. The van der Waals surface area contributed by atoms with E-state index in [4.69, 9.17) is 0 Å². The van der Waals surface area contributed by atoms with Gasteiger partial charge in [-0.15, -0.1) is 0 Å². The quantitative estimate of drug-likeness (QED) is 0.789. The summed E-state index contributed by atoms with van der Waals surface area (Å²) in [6.45, 7) is 10.2. The van der Waals surface area contributed by atoms with Crippen molar-refractivity contribution < 1.29 is 5.11 Å². The van der Waals surface area contributed by atoms with Crippen LogP contribution in [0, 0.1) is 6.92 Å². The van der Waals surface area contributed by atoms with Gasteiger partial charge in [-0.1, -0.05) is 13.3 Å². The Labute approximate surface area is 85.8 Å². The number of aromatic nitrogens is 2. The van der Waals surface area contributed by atoms with Crippen molar-refractivity contribution in [3.05, 3.63) is 11.4 Å². The van der Waals surface area contributed by atoms with Crippen molar-refractivity contribution in [1.29, 1.82) is 0 Å². The minimum absolute atomic E-state index is 0.0593. The first-order valence-electron chi connectivity index (χ1n) is 5.16. The molecule has 80 valence electrons. The molecule has 1 heterocycles. The maximum absolute atomic E-state index is 9.83. The monoisotopic (exact) mass is 196 g/mol. The molecule has 0 aliphatic heterocycles. The average molecular weight is 196 g/mol. The fourth-order valence-corrected chi connectivity index (χ4v) is 1.58. The van der Waals surface area contributed by atoms with Gasteiger partial charge in [-0.25, -0.2) is 0 Å². The van der Waals surface area contributed by atoms with Crippen LogP contribution in [0.3, 0.4) is 0 Å². The molecule has 3 nitrogen and oxygen atoms in total. The lowest BCUT2D eigenvalue weighted by Crippen LogP contribution is -2.25. The first kappa shape index (κ1) is 11.1. The number of rotatable bonds is 2. The van der Waals surface area contributed by atoms with E-state index in [-0.39, 0.29) is 5.54 Å². The molecule has 0 unspecified atom stereocenters. The van der Waals surface area contributed by atoms with E-state index >= 15 is 0 Å². The molecule has 1 N–H and O–H groups in total. The smallest absolute Gasteiger partial charge is 0.159 e. The van der Waals surface area contributed by atoms with Gasteiger partial charge in [0.05, 0.1) is 11.2 Å². The summed E-state index contributed by atoms with van der Waals surface area (Å²) in [6, 6.07) is 0. The maximum Gasteiger partial charge on any atom is 0.159 e. The summed E-state index contributed by atoms with van der Waals surface area (Å²) in [5.41, 5.74) is 1.62. The fourth-order valence-electron chi connectivity index (χ4n) is 1.58. The van der Waals surface area contributed by atoms with Gasteiger partial charge in [0.1, 0.15) is 5.69 Å². The zero-order chi connectivity index (χ0) is 10.9. The van der Waals surface area contributed by atoms with Gasteiger partial charge in [0, 0.05) is 0 Å². The number of hydrogen-bond donors (Lipinski definition) is 1. The second kappa shape index (κ2) is 3.64. The third-order valence-corrected chi connectivity index (χ3v) is 2.24. The van der Waals surface area contributed by atoms with E-state index in [0.29, 0.717) is 5.75 Å². The van der Waals surface area contributed by atoms with Gasteiger partial charge in [0.2, 0.25) is 0 Å². The minimum atomic E-state index is -0.0593. The lowest BCUT2D eigenvalue weighted by atomic mass is 10.1. The Kier molecular flexibility index (Phi) is 2.88. The normalized spacial score (nSPS) is 12.1. The molecule has 0 saturated heterocycles. The van der Waals surface area contributed by atoms with Crippen molar-refractivity contribution in [3.8, 4) is 5.75 Å². The Morgan fingerprint density at radius 3 is 2.36 bits per heavy atom. The van der Waals surface area contributed by atoms with Crippen molar-refractivity contribution in [2.24, 2.45) is 0 Å². The zero-order valence-corrected chi connectivity index (χ0v) is 9.76. The van der Waals surface area contributed by atoms with Crippen molar-refractivity contribution in [2.45, 2.75) is 53.0 Å². The van der Waals surface area contributed by atoms with E-state index in [1.165, 1.54) is 0 Å². The minimum Gasteiger partial charge on any atom is -0.504 e. The molecule has 0 atom stereocenters. The van der Waals surface area contributed by atoms with E-state index in [9.17, 15) is 5.11 Å². The molecule has 1 aromatic heterocycles. The molecule has 0 fully saturated rings. The van der Waals surface area contributed by atoms with E-state index in [0.717, 1.165) is 24.2 Å². The van der Waals surface area contributed by atoms with Crippen LogP contribution in [0.25, 0.3) is 0 Å². The summed E-state index contributed by atoms with van der Waals surface area (Å²) in [5, 5.41) is 14.2. The number of aryl methyl sites for hydroxylation is 1. The molecule has 0 saturated carbocycles. The summed E-state index contributed by atoms with van der Waals surface area (Å²) < 4.78 is 1.93. The third-order valence-electron chi connectivity index (χ3n) is 2.24. The average Bonchev–Trinajstić information content (AvgIpc) is 2.32. The van der Waals surface area contributed by atoms with Crippen LogP contribution in [0.15, 0.2) is 0 Å². The fraction of sp³-hybridized carbons (Fsp3) is 0.727. The molecule has 3 heteroatoms. The number of nitrogens with zero attached hydrogens (tertiary/aromatic N) is 2. The molecule has 0 aliphatic rings. The van der Waals surface area contributed by atoms with Crippen LogP contribution in [-0.4, -0.2) is 14.9 Å². The Bertz CT molecular complexity index is 321. The highest BCUT2D eigenvalue weighted by Crippen LogP contribution is 2.27. The van der Waals surface area contributed by atoms with E-state index in [1.807, 2.05) is 11.6 Å². The molecule has 0 amide bonds. The van der Waals surface area contributed by atoms with Crippen LogP contribution < -0.4 is 0 Å². The van der Waals surface area contributed by atoms with Gasteiger partial charge in [-0.05, 0) is 34.1 Å². The molecule has 1 aromatic rings. The number of aromatic hydroxyl groups is 1. The van der Waals surface area contributed by atoms with Crippen molar-refractivity contribution in [1.82, 2.24) is 9.78 Å². The largest absolute Gasteiger partial charge is 0.504 e. The molecule has 1 rings (SSSR count). The van der Waals surface area contributed by atoms with Crippen LogP contribution >= 0.6 is 0 Å². The highest BCUT2D eigenvalue weighted by molar-refractivity contribution is 5.32. The molecule has 0 radical (unpaired) electrons. The van der Waals surface area contributed by atoms with Crippen LogP contribution in [0.5, 0.6) is 5.75 Å². The molecule has 0 spiro atoms. The van der Waals surface area contributed by atoms with Gasteiger partial charge in [0.25, 0.3) is 0 Å². The molecular weight excluding hydrogens is 176 g/mol. The van der Waals surface area contributed by atoms with Gasteiger partial charge in [0.15, 0.2) is 5.75 Å². The van der Waals surface area contributed by atoms with Gasteiger partial charge >= 0.3 is 0 Å². The molecule has 14 heavy (non-hydrogen) atoms. The van der Waals surface area contributed by atoms with E-state index in [2.05, 4.69) is 32.8 Å². The summed E-state index contributed by atoms with van der Waals surface area (Å²) in [6.07, 6.45) is 1.90.